The number of benzene rings is 1. The number of carbonyl (C=O) groups is 1. The Labute approximate surface area is 108 Å². The summed E-state index contributed by atoms with van der Waals surface area (Å²) in [6.45, 7) is 4.10. The van der Waals surface area contributed by atoms with E-state index in [1.165, 1.54) is 25.7 Å². The SMILES string of the molecule is CC1(CNCc2cccc(C(=O)O)c2)CCCC1. The molecule has 2 rings (SSSR count). The van der Waals surface area contributed by atoms with Gasteiger partial charge in [-0.1, -0.05) is 31.9 Å². The molecule has 1 saturated carbocycles. The van der Waals surface area contributed by atoms with Crippen molar-refractivity contribution in [3.63, 3.8) is 0 Å². The van der Waals surface area contributed by atoms with Crippen molar-refractivity contribution in [2.24, 2.45) is 5.41 Å². The van der Waals surface area contributed by atoms with Crippen molar-refractivity contribution in [3.05, 3.63) is 35.4 Å². The van der Waals surface area contributed by atoms with Crippen LogP contribution < -0.4 is 5.32 Å². The number of hydrogen-bond donors (Lipinski definition) is 2. The molecule has 1 aromatic carbocycles. The molecule has 0 atom stereocenters. The van der Waals surface area contributed by atoms with Crippen LogP contribution in [0, 0.1) is 5.41 Å². The zero-order chi connectivity index (χ0) is 13.0. The minimum absolute atomic E-state index is 0.362. The van der Waals surface area contributed by atoms with Crippen LogP contribution in [-0.2, 0) is 6.54 Å². The maximum Gasteiger partial charge on any atom is 0.335 e. The van der Waals surface area contributed by atoms with Gasteiger partial charge in [-0.05, 0) is 36.0 Å². The summed E-state index contributed by atoms with van der Waals surface area (Å²) in [5, 5.41) is 12.4. The number of carboxylic acid groups (broad SMARTS) is 1. The predicted molar refractivity (Wildman–Crippen MR) is 71.7 cm³/mol. The lowest BCUT2D eigenvalue weighted by molar-refractivity contribution is 0.0696. The zero-order valence-electron chi connectivity index (χ0n) is 10.9. The molecule has 0 amide bonds. The third-order valence-corrected chi connectivity index (χ3v) is 3.87. The molecule has 18 heavy (non-hydrogen) atoms. The summed E-state index contributed by atoms with van der Waals surface area (Å²) >= 11 is 0. The Morgan fingerprint density at radius 1 is 1.39 bits per heavy atom. The molecule has 0 aromatic heterocycles. The normalized spacial score (nSPS) is 17.8. The zero-order valence-corrected chi connectivity index (χ0v) is 10.9. The Kier molecular flexibility index (Phi) is 4.02. The number of rotatable bonds is 5. The highest BCUT2D eigenvalue weighted by Crippen LogP contribution is 2.36. The van der Waals surface area contributed by atoms with E-state index >= 15 is 0 Å². The molecule has 0 bridgehead atoms. The Hall–Kier alpha value is -1.35. The summed E-state index contributed by atoms with van der Waals surface area (Å²) in [5.41, 5.74) is 1.84. The fourth-order valence-electron chi connectivity index (χ4n) is 2.73. The number of hydrogen-bond acceptors (Lipinski definition) is 2. The van der Waals surface area contributed by atoms with E-state index in [4.69, 9.17) is 5.11 Å². The van der Waals surface area contributed by atoms with E-state index < -0.39 is 5.97 Å². The maximum absolute atomic E-state index is 10.9. The van der Waals surface area contributed by atoms with E-state index in [0.717, 1.165) is 18.7 Å². The first-order valence-corrected chi connectivity index (χ1v) is 6.62. The first-order chi connectivity index (χ1) is 8.59. The van der Waals surface area contributed by atoms with Crippen LogP contribution in [0.25, 0.3) is 0 Å². The first-order valence-electron chi connectivity index (χ1n) is 6.62. The second-order valence-electron chi connectivity index (χ2n) is 5.63. The standard InChI is InChI=1S/C15H21NO2/c1-15(7-2-3-8-15)11-16-10-12-5-4-6-13(9-12)14(17)18/h4-6,9,16H,2-3,7-8,10-11H2,1H3,(H,17,18). The molecule has 1 aliphatic carbocycles. The van der Waals surface area contributed by atoms with E-state index in [-0.39, 0.29) is 0 Å². The molecule has 0 heterocycles. The van der Waals surface area contributed by atoms with Crippen molar-refractivity contribution in [2.75, 3.05) is 6.54 Å². The van der Waals surface area contributed by atoms with Gasteiger partial charge in [0.1, 0.15) is 0 Å². The molecule has 1 aliphatic rings. The summed E-state index contributed by atoms with van der Waals surface area (Å²) in [6, 6.07) is 7.14. The van der Waals surface area contributed by atoms with Crippen LogP contribution >= 0.6 is 0 Å². The first kappa shape index (κ1) is 13.1. The monoisotopic (exact) mass is 247 g/mol. The fraction of sp³-hybridized carbons (Fsp3) is 0.533. The highest BCUT2D eigenvalue weighted by molar-refractivity contribution is 5.87. The van der Waals surface area contributed by atoms with Crippen LogP contribution in [-0.4, -0.2) is 17.6 Å². The molecule has 0 unspecified atom stereocenters. The number of carboxylic acids is 1. The lowest BCUT2D eigenvalue weighted by atomic mass is 9.89. The molecule has 0 saturated heterocycles. The molecule has 1 fully saturated rings. The minimum atomic E-state index is -0.861. The van der Waals surface area contributed by atoms with Gasteiger partial charge in [-0.3, -0.25) is 0 Å². The Balaban J connectivity index is 1.86. The van der Waals surface area contributed by atoms with E-state index in [1.54, 1.807) is 18.2 Å². The van der Waals surface area contributed by atoms with Gasteiger partial charge in [0.15, 0.2) is 0 Å². The van der Waals surface area contributed by atoms with Gasteiger partial charge < -0.3 is 10.4 Å². The van der Waals surface area contributed by atoms with Crippen LogP contribution in [0.1, 0.15) is 48.5 Å². The summed E-state index contributed by atoms with van der Waals surface area (Å²) in [5.74, 6) is -0.861. The lowest BCUT2D eigenvalue weighted by Gasteiger charge is -2.23. The second-order valence-corrected chi connectivity index (χ2v) is 5.63. The highest BCUT2D eigenvalue weighted by atomic mass is 16.4. The van der Waals surface area contributed by atoms with Crippen LogP contribution in [0.2, 0.25) is 0 Å². The Bertz CT molecular complexity index is 422. The van der Waals surface area contributed by atoms with Crippen molar-refractivity contribution in [2.45, 2.75) is 39.2 Å². The summed E-state index contributed by atoms with van der Waals surface area (Å²) in [6.07, 6.45) is 5.28. The van der Waals surface area contributed by atoms with Crippen molar-refractivity contribution in [1.29, 1.82) is 0 Å². The maximum atomic E-state index is 10.9. The quantitative estimate of drug-likeness (QED) is 0.840. The third-order valence-electron chi connectivity index (χ3n) is 3.87. The van der Waals surface area contributed by atoms with Gasteiger partial charge in [0.2, 0.25) is 0 Å². The minimum Gasteiger partial charge on any atom is -0.478 e. The van der Waals surface area contributed by atoms with Gasteiger partial charge in [0, 0.05) is 13.1 Å². The molecule has 0 spiro atoms. The van der Waals surface area contributed by atoms with Gasteiger partial charge >= 0.3 is 5.97 Å². The van der Waals surface area contributed by atoms with Crippen molar-refractivity contribution in [3.8, 4) is 0 Å². The molecular weight excluding hydrogens is 226 g/mol. The molecule has 0 radical (unpaired) electrons. The topological polar surface area (TPSA) is 49.3 Å². The fourth-order valence-corrected chi connectivity index (χ4v) is 2.73. The largest absolute Gasteiger partial charge is 0.478 e. The van der Waals surface area contributed by atoms with E-state index in [9.17, 15) is 4.79 Å². The van der Waals surface area contributed by atoms with E-state index in [2.05, 4.69) is 12.2 Å². The molecule has 3 nitrogen and oxygen atoms in total. The van der Waals surface area contributed by atoms with Crippen molar-refractivity contribution in [1.82, 2.24) is 5.32 Å². The molecule has 0 aliphatic heterocycles. The molecule has 98 valence electrons. The average molecular weight is 247 g/mol. The van der Waals surface area contributed by atoms with Crippen molar-refractivity contribution < 1.29 is 9.90 Å². The van der Waals surface area contributed by atoms with Crippen LogP contribution in [0.5, 0.6) is 0 Å². The smallest absolute Gasteiger partial charge is 0.335 e. The predicted octanol–water partition coefficient (Wildman–Crippen LogP) is 3.05. The molecule has 1 aromatic rings. The number of nitrogens with one attached hydrogen (secondary N) is 1. The van der Waals surface area contributed by atoms with Crippen LogP contribution in [0.15, 0.2) is 24.3 Å². The van der Waals surface area contributed by atoms with Crippen LogP contribution in [0.4, 0.5) is 0 Å². The third kappa shape index (κ3) is 3.33. The second kappa shape index (κ2) is 5.53. The van der Waals surface area contributed by atoms with Gasteiger partial charge in [-0.25, -0.2) is 4.79 Å². The van der Waals surface area contributed by atoms with Crippen LogP contribution in [0.3, 0.4) is 0 Å². The molecule has 3 heteroatoms. The summed E-state index contributed by atoms with van der Waals surface area (Å²) < 4.78 is 0. The lowest BCUT2D eigenvalue weighted by Crippen LogP contribution is -2.29. The Morgan fingerprint density at radius 3 is 2.78 bits per heavy atom. The van der Waals surface area contributed by atoms with E-state index in [0.29, 0.717) is 11.0 Å². The Morgan fingerprint density at radius 2 is 2.11 bits per heavy atom. The van der Waals surface area contributed by atoms with Gasteiger partial charge in [0.25, 0.3) is 0 Å². The molecular formula is C15H21NO2. The molecule has 2 N–H and O–H groups in total. The average Bonchev–Trinajstić information content (AvgIpc) is 2.77. The van der Waals surface area contributed by atoms with Crippen molar-refractivity contribution >= 4 is 5.97 Å². The van der Waals surface area contributed by atoms with Gasteiger partial charge in [-0.2, -0.15) is 0 Å². The summed E-state index contributed by atoms with van der Waals surface area (Å²) in [7, 11) is 0. The summed E-state index contributed by atoms with van der Waals surface area (Å²) in [4.78, 5) is 10.9. The van der Waals surface area contributed by atoms with E-state index in [1.807, 2.05) is 6.07 Å². The van der Waals surface area contributed by atoms with Gasteiger partial charge in [-0.15, -0.1) is 0 Å². The van der Waals surface area contributed by atoms with Gasteiger partial charge in [0.05, 0.1) is 5.56 Å². The highest BCUT2D eigenvalue weighted by Gasteiger charge is 2.27. The number of aromatic carboxylic acids is 1.